The largest absolute Gasteiger partial charge is 0.507 e. The molecule has 3 aromatic carbocycles. The Labute approximate surface area is 159 Å². The topological polar surface area (TPSA) is 78.8 Å². The van der Waals surface area contributed by atoms with Crippen LogP contribution in [0.5, 0.6) is 5.75 Å². The van der Waals surface area contributed by atoms with Gasteiger partial charge in [-0.25, -0.2) is 0 Å². The molecule has 0 saturated heterocycles. The van der Waals surface area contributed by atoms with Crippen LogP contribution in [0.15, 0.2) is 71.9 Å². The molecule has 0 aliphatic carbocycles. The minimum atomic E-state index is -0.0955. The highest BCUT2D eigenvalue weighted by molar-refractivity contribution is 6.09. The van der Waals surface area contributed by atoms with Crippen molar-refractivity contribution in [3.05, 3.63) is 77.9 Å². The molecule has 0 aromatic heterocycles. The molecule has 0 bridgehead atoms. The number of rotatable bonds is 6. The summed E-state index contributed by atoms with van der Waals surface area (Å²) in [5.41, 5.74) is 10.8. The Morgan fingerprint density at radius 2 is 1.56 bits per heavy atom. The number of phenols is 1. The zero-order valence-corrected chi connectivity index (χ0v) is 15.4. The van der Waals surface area contributed by atoms with Gasteiger partial charge in [-0.15, -0.1) is 0 Å². The molecule has 4 N–H and O–H groups in total. The molecule has 4 nitrogen and oxygen atoms in total. The van der Waals surface area contributed by atoms with Crippen molar-refractivity contribution in [1.82, 2.24) is 0 Å². The molecule has 3 rings (SSSR count). The van der Waals surface area contributed by atoms with Crippen molar-refractivity contribution in [2.75, 3.05) is 0 Å². The third-order valence-corrected chi connectivity index (χ3v) is 4.69. The average molecular weight is 360 g/mol. The van der Waals surface area contributed by atoms with Crippen LogP contribution in [0.1, 0.15) is 30.9 Å². The first-order valence-corrected chi connectivity index (χ1v) is 9.15. The molecule has 27 heavy (non-hydrogen) atoms. The third-order valence-electron chi connectivity index (χ3n) is 4.69. The van der Waals surface area contributed by atoms with Gasteiger partial charge in [0.05, 0.1) is 5.56 Å². The molecule has 0 unspecified atom stereocenters. The number of hydrogen-bond donors (Lipinski definition) is 3. The first-order valence-electron chi connectivity index (χ1n) is 9.15. The second kappa shape index (κ2) is 8.41. The van der Waals surface area contributed by atoms with E-state index in [1.54, 1.807) is 0 Å². The molecule has 0 atom stereocenters. The molecule has 4 heteroatoms. The van der Waals surface area contributed by atoms with Crippen molar-refractivity contribution in [2.24, 2.45) is 10.9 Å². The van der Waals surface area contributed by atoms with Gasteiger partial charge in [0.2, 0.25) is 0 Å². The average Bonchev–Trinajstić information content (AvgIpc) is 2.73. The maximum Gasteiger partial charge on any atom is 0.174 e. The summed E-state index contributed by atoms with van der Waals surface area (Å²) in [7, 11) is 0. The van der Waals surface area contributed by atoms with Crippen LogP contribution < -0.4 is 5.73 Å². The summed E-state index contributed by atoms with van der Waals surface area (Å²) in [6.45, 7) is 2.11. The maximum absolute atomic E-state index is 11.0. The van der Waals surface area contributed by atoms with Gasteiger partial charge in [0.15, 0.2) is 5.84 Å². The highest BCUT2D eigenvalue weighted by Gasteiger charge is 2.22. The van der Waals surface area contributed by atoms with Gasteiger partial charge in [-0.3, -0.25) is 0 Å². The Morgan fingerprint density at radius 1 is 0.963 bits per heavy atom. The van der Waals surface area contributed by atoms with Gasteiger partial charge < -0.3 is 16.0 Å². The van der Waals surface area contributed by atoms with Crippen LogP contribution in [0.25, 0.3) is 22.3 Å². The summed E-state index contributed by atoms with van der Waals surface area (Å²) < 4.78 is 0. The van der Waals surface area contributed by atoms with Crippen molar-refractivity contribution >= 4 is 5.84 Å². The van der Waals surface area contributed by atoms with Crippen molar-refractivity contribution in [3.8, 4) is 28.0 Å². The number of oxime groups is 1. The van der Waals surface area contributed by atoms with Crippen molar-refractivity contribution < 1.29 is 10.3 Å². The molecule has 0 fully saturated rings. The summed E-state index contributed by atoms with van der Waals surface area (Å²) in [6.07, 6.45) is 2.69. The highest BCUT2D eigenvalue weighted by Crippen LogP contribution is 2.41. The fraction of sp³-hybridized carbons (Fsp3) is 0.174. The van der Waals surface area contributed by atoms with Crippen molar-refractivity contribution in [2.45, 2.75) is 26.2 Å². The van der Waals surface area contributed by atoms with E-state index in [4.69, 9.17) is 5.73 Å². The predicted molar refractivity (Wildman–Crippen MR) is 110 cm³/mol. The van der Waals surface area contributed by atoms with Gasteiger partial charge in [-0.2, -0.15) is 0 Å². The summed E-state index contributed by atoms with van der Waals surface area (Å²) in [6, 6.07) is 21.7. The third kappa shape index (κ3) is 3.80. The van der Waals surface area contributed by atoms with E-state index < -0.39 is 0 Å². The zero-order chi connectivity index (χ0) is 19.2. The van der Waals surface area contributed by atoms with E-state index in [1.807, 2.05) is 66.7 Å². The SMILES string of the molecule is CCCCc1cc(-c2ccccc2)c(-c2ccccc2)c(/C(N)=N/O)c1O. The van der Waals surface area contributed by atoms with Crippen LogP contribution in [0.2, 0.25) is 0 Å². The number of nitrogens with zero attached hydrogens (tertiary/aromatic N) is 1. The van der Waals surface area contributed by atoms with Gasteiger partial charge in [-0.1, -0.05) is 79.2 Å². The van der Waals surface area contributed by atoms with E-state index in [0.717, 1.165) is 47.1 Å². The Kier molecular flexibility index (Phi) is 5.77. The number of aryl methyl sites for hydroxylation is 1. The fourth-order valence-electron chi connectivity index (χ4n) is 3.34. The smallest absolute Gasteiger partial charge is 0.174 e. The molecule has 0 radical (unpaired) electrons. The molecule has 0 aliphatic rings. The number of phenolic OH excluding ortho intramolecular Hbond substituents is 1. The predicted octanol–water partition coefficient (Wildman–Crippen LogP) is 5.16. The molecule has 138 valence electrons. The monoisotopic (exact) mass is 360 g/mol. The van der Waals surface area contributed by atoms with Crippen LogP contribution in [0.4, 0.5) is 0 Å². The summed E-state index contributed by atoms with van der Waals surface area (Å²) >= 11 is 0. The standard InChI is InChI=1S/C23H24N2O2/c1-2-3-10-18-15-19(16-11-6-4-7-12-16)20(17-13-8-5-9-14-17)21(22(18)26)23(24)25-27/h4-9,11-15,26-27H,2-3,10H2,1H3,(H2,24,25). The Hall–Kier alpha value is -3.27. The van der Waals surface area contributed by atoms with E-state index in [0.29, 0.717) is 5.56 Å². The molecular formula is C23H24N2O2. The molecular weight excluding hydrogens is 336 g/mol. The molecule has 0 aliphatic heterocycles. The quantitative estimate of drug-likeness (QED) is 0.246. The van der Waals surface area contributed by atoms with Gasteiger partial charge in [0.25, 0.3) is 0 Å². The number of unbranched alkanes of at least 4 members (excludes halogenated alkanes) is 1. The lowest BCUT2D eigenvalue weighted by molar-refractivity contribution is 0.318. The first-order chi connectivity index (χ1) is 13.2. The van der Waals surface area contributed by atoms with Crippen molar-refractivity contribution in [1.29, 1.82) is 0 Å². The second-order valence-corrected chi connectivity index (χ2v) is 6.50. The molecule has 0 spiro atoms. The van der Waals surface area contributed by atoms with Gasteiger partial charge in [0, 0.05) is 5.56 Å². The van der Waals surface area contributed by atoms with E-state index in [2.05, 4.69) is 12.1 Å². The number of aromatic hydroxyl groups is 1. The number of hydrogen-bond acceptors (Lipinski definition) is 3. The molecule has 0 saturated carbocycles. The van der Waals surface area contributed by atoms with E-state index >= 15 is 0 Å². The lowest BCUT2D eigenvalue weighted by atomic mass is 9.86. The normalized spacial score (nSPS) is 11.5. The Bertz CT molecular complexity index is 936. The van der Waals surface area contributed by atoms with Crippen molar-refractivity contribution in [3.63, 3.8) is 0 Å². The minimum Gasteiger partial charge on any atom is -0.507 e. The lowest BCUT2D eigenvalue weighted by Gasteiger charge is -2.19. The maximum atomic E-state index is 11.0. The number of amidine groups is 1. The van der Waals surface area contributed by atoms with Crippen LogP contribution >= 0.6 is 0 Å². The number of nitrogens with two attached hydrogens (primary N) is 1. The van der Waals surface area contributed by atoms with Crippen LogP contribution in [0, 0.1) is 0 Å². The van der Waals surface area contributed by atoms with Gasteiger partial charge in [-0.05, 0) is 41.2 Å². The second-order valence-electron chi connectivity index (χ2n) is 6.50. The van der Waals surface area contributed by atoms with E-state index in [-0.39, 0.29) is 11.6 Å². The summed E-state index contributed by atoms with van der Waals surface area (Å²) in [5.74, 6) is -0.0147. The fourth-order valence-corrected chi connectivity index (χ4v) is 3.34. The van der Waals surface area contributed by atoms with Crippen LogP contribution in [-0.2, 0) is 6.42 Å². The summed E-state index contributed by atoms with van der Waals surface area (Å²) in [5, 5.41) is 23.5. The van der Waals surface area contributed by atoms with Crippen LogP contribution in [0.3, 0.4) is 0 Å². The van der Waals surface area contributed by atoms with Gasteiger partial charge >= 0.3 is 0 Å². The van der Waals surface area contributed by atoms with E-state index in [1.165, 1.54) is 0 Å². The first kappa shape index (κ1) is 18.5. The van der Waals surface area contributed by atoms with E-state index in [9.17, 15) is 10.3 Å². The van der Waals surface area contributed by atoms with Gasteiger partial charge in [0.1, 0.15) is 5.75 Å². The lowest BCUT2D eigenvalue weighted by Crippen LogP contribution is -2.16. The zero-order valence-electron chi connectivity index (χ0n) is 15.4. The molecule has 0 amide bonds. The molecule has 3 aromatic rings. The highest BCUT2D eigenvalue weighted by atomic mass is 16.4. The van der Waals surface area contributed by atoms with Crippen LogP contribution in [-0.4, -0.2) is 16.1 Å². The molecule has 0 heterocycles. The Balaban J connectivity index is 2.38. The minimum absolute atomic E-state index is 0.0808. The summed E-state index contributed by atoms with van der Waals surface area (Å²) in [4.78, 5) is 0. The Morgan fingerprint density at radius 3 is 2.11 bits per heavy atom. The number of benzene rings is 3.